The molecule has 3 nitrogen and oxygen atoms in total. The predicted octanol–water partition coefficient (Wildman–Crippen LogP) is 5.32. The van der Waals surface area contributed by atoms with Gasteiger partial charge in [-0.2, -0.15) is 0 Å². The van der Waals surface area contributed by atoms with E-state index in [0.717, 1.165) is 38.1 Å². The van der Waals surface area contributed by atoms with E-state index in [1.165, 1.54) is 24.0 Å². The van der Waals surface area contributed by atoms with Gasteiger partial charge < -0.3 is 4.74 Å². The van der Waals surface area contributed by atoms with E-state index in [9.17, 15) is 4.79 Å². The molecule has 0 radical (unpaired) electrons. The second-order valence-electron chi connectivity index (χ2n) is 6.63. The summed E-state index contributed by atoms with van der Waals surface area (Å²) in [6.07, 6.45) is 5.82. The second kappa shape index (κ2) is 11.2. The second-order valence-corrected chi connectivity index (χ2v) is 6.63. The zero-order chi connectivity index (χ0) is 17.9. The van der Waals surface area contributed by atoms with Gasteiger partial charge in [-0.1, -0.05) is 32.8 Å². The predicted molar refractivity (Wildman–Crippen MR) is 102 cm³/mol. The molecule has 0 saturated heterocycles. The highest BCUT2D eigenvalue weighted by molar-refractivity contribution is 5.78. The summed E-state index contributed by atoms with van der Waals surface area (Å²) in [4.78, 5) is 14.4. The summed E-state index contributed by atoms with van der Waals surface area (Å²) in [5.41, 5.74) is 2.60. The van der Waals surface area contributed by atoms with Gasteiger partial charge in [-0.05, 0) is 63.0 Å². The van der Waals surface area contributed by atoms with Crippen LogP contribution in [0.3, 0.4) is 0 Å². The average molecular weight is 334 g/mol. The van der Waals surface area contributed by atoms with Crippen LogP contribution in [0.15, 0.2) is 18.2 Å². The molecule has 0 aliphatic heterocycles. The first-order chi connectivity index (χ1) is 11.5. The molecule has 1 unspecified atom stereocenters. The number of ketones is 1. The fourth-order valence-electron chi connectivity index (χ4n) is 3.24. The molecule has 24 heavy (non-hydrogen) atoms. The number of benzene rings is 1. The number of ether oxygens (including phenoxy) is 1. The number of rotatable bonds is 12. The third-order valence-corrected chi connectivity index (χ3v) is 4.84. The van der Waals surface area contributed by atoms with Crippen molar-refractivity contribution >= 4 is 5.78 Å². The Balaban J connectivity index is 2.52. The normalized spacial score (nSPS) is 12.4. The van der Waals surface area contributed by atoms with Crippen molar-refractivity contribution in [1.82, 2.24) is 4.90 Å². The molecule has 1 aromatic carbocycles. The first-order valence-corrected chi connectivity index (χ1v) is 9.43. The lowest BCUT2D eigenvalue weighted by Gasteiger charge is -2.29. The number of Topliss-reactive ketones (excluding diaryl/α,β-unsaturated/α-hetero) is 1. The van der Waals surface area contributed by atoms with Gasteiger partial charge in [0.1, 0.15) is 11.5 Å². The van der Waals surface area contributed by atoms with E-state index < -0.39 is 0 Å². The van der Waals surface area contributed by atoms with Crippen molar-refractivity contribution in [3.8, 4) is 5.75 Å². The van der Waals surface area contributed by atoms with Crippen molar-refractivity contribution in [2.45, 2.75) is 72.3 Å². The van der Waals surface area contributed by atoms with Crippen LogP contribution in [0.2, 0.25) is 0 Å². The Bertz CT molecular complexity index is 499. The summed E-state index contributed by atoms with van der Waals surface area (Å²) >= 11 is 0. The molecule has 0 N–H and O–H groups in total. The maximum atomic E-state index is 11.9. The minimum atomic E-state index is 0.357. The Morgan fingerprint density at radius 1 is 1.17 bits per heavy atom. The molecule has 0 bridgehead atoms. The Morgan fingerprint density at radius 3 is 2.46 bits per heavy atom. The molecule has 0 heterocycles. The van der Waals surface area contributed by atoms with Crippen LogP contribution >= 0.6 is 0 Å². The first-order valence-electron chi connectivity index (χ1n) is 9.43. The third kappa shape index (κ3) is 6.64. The number of methoxy groups -OCH3 is 1. The Morgan fingerprint density at radius 2 is 1.88 bits per heavy atom. The molecule has 0 aliphatic carbocycles. The van der Waals surface area contributed by atoms with Crippen molar-refractivity contribution < 1.29 is 9.53 Å². The lowest BCUT2D eigenvalue weighted by molar-refractivity contribution is -0.119. The largest absolute Gasteiger partial charge is 0.497 e. The number of nitrogens with zero attached hydrogens (tertiary/aromatic N) is 1. The van der Waals surface area contributed by atoms with Gasteiger partial charge in [-0.25, -0.2) is 0 Å². The summed E-state index contributed by atoms with van der Waals surface area (Å²) < 4.78 is 5.30. The molecule has 0 amide bonds. The minimum Gasteiger partial charge on any atom is -0.497 e. The number of unbranched alkanes of at least 4 members (excludes halogenated alkanes) is 2. The molecule has 1 atom stereocenters. The van der Waals surface area contributed by atoms with Gasteiger partial charge >= 0.3 is 0 Å². The van der Waals surface area contributed by atoms with Crippen molar-refractivity contribution in [1.29, 1.82) is 0 Å². The van der Waals surface area contributed by atoms with Gasteiger partial charge in [-0.15, -0.1) is 0 Å². The highest BCUT2D eigenvalue weighted by atomic mass is 16.5. The van der Waals surface area contributed by atoms with Gasteiger partial charge in [0.2, 0.25) is 0 Å². The van der Waals surface area contributed by atoms with Crippen molar-refractivity contribution in [3.05, 3.63) is 29.3 Å². The Labute approximate surface area is 148 Å². The summed E-state index contributed by atoms with van der Waals surface area (Å²) in [5.74, 6) is 1.33. The number of aryl methyl sites for hydroxylation is 1. The highest BCUT2D eigenvalue weighted by Crippen LogP contribution is 2.26. The highest BCUT2D eigenvalue weighted by Gasteiger charge is 2.16. The molecule has 136 valence electrons. The van der Waals surface area contributed by atoms with Gasteiger partial charge in [0.05, 0.1) is 7.11 Å². The SMILES string of the molecule is CCCCCC(=O)CCCN(CC)C(C)c1ccc(OC)cc1C. The molecule has 0 aliphatic rings. The molecule has 0 spiro atoms. The van der Waals surface area contributed by atoms with Gasteiger partial charge in [0.25, 0.3) is 0 Å². The fraction of sp³-hybridized carbons (Fsp3) is 0.667. The van der Waals surface area contributed by atoms with Crippen LogP contribution in [-0.4, -0.2) is 30.9 Å². The summed E-state index contributed by atoms with van der Waals surface area (Å²) in [5, 5.41) is 0. The number of carbonyl (C=O) groups excluding carboxylic acids is 1. The van der Waals surface area contributed by atoms with Crippen LogP contribution in [0.1, 0.15) is 76.5 Å². The first kappa shape index (κ1) is 20.7. The van der Waals surface area contributed by atoms with E-state index in [2.05, 4.69) is 44.7 Å². The van der Waals surface area contributed by atoms with Crippen LogP contribution < -0.4 is 4.74 Å². The zero-order valence-corrected chi connectivity index (χ0v) is 16.2. The van der Waals surface area contributed by atoms with Crippen molar-refractivity contribution in [2.24, 2.45) is 0 Å². The van der Waals surface area contributed by atoms with Crippen LogP contribution in [0, 0.1) is 6.92 Å². The van der Waals surface area contributed by atoms with Crippen LogP contribution in [0.25, 0.3) is 0 Å². The Hall–Kier alpha value is -1.35. The van der Waals surface area contributed by atoms with E-state index in [4.69, 9.17) is 4.74 Å². The summed E-state index contributed by atoms with van der Waals surface area (Å²) in [7, 11) is 1.70. The van der Waals surface area contributed by atoms with Crippen LogP contribution in [0.5, 0.6) is 5.75 Å². The minimum absolute atomic E-state index is 0.357. The number of carbonyl (C=O) groups is 1. The maximum absolute atomic E-state index is 11.9. The van der Waals surface area contributed by atoms with Crippen LogP contribution in [-0.2, 0) is 4.79 Å². The van der Waals surface area contributed by atoms with E-state index in [-0.39, 0.29) is 0 Å². The maximum Gasteiger partial charge on any atom is 0.132 e. The molecule has 0 aromatic heterocycles. The molecular weight excluding hydrogens is 298 g/mol. The smallest absolute Gasteiger partial charge is 0.132 e. The van der Waals surface area contributed by atoms with E-state index in [1.54, 1.807) is 7.11 Å². The topological polar surface area (TPSA) is 29.5 Å². The van der Waals surface area contributed by atoms with Gasteiger partial charge in [-0.3, -0.25) is 9.69 Å². The Kier molecular flexibility index (Phi) is 9.70. The number of hydrogen-bond acceptors (Lipinski definition) is 3. The lowest BCUT2D eigenvalue weighted by atomic mass is 10.00. The van der Waals surface area contributed by atoms with Crippen LogP contribution in [0.4, 0.5) is 0 Å². The molecule has 0 saturated carbocycles. The fourth-order valence-corrected chi connectivity index (χ4v) is 3.24. The summed E-state index contributed by atoms with van der Waals surface area (Å²) in [6.45, 7) is 10.7. The van der Waals surface area contributed by atoms with E-state index in [1.807, 2.05) is 6.07 Å². The molecule has 0 fully saturated rings. The third-order valence-electron chi connectivity index (χ3n) is 4.84. The number of hydrogen-bond donors (Lipinski definition) is 0. The quantitative estimate of drug-likeness (QED) is 0.485. The average Bonchev–Trinajstić information content (AvgIpc) is 2.58. The summed E-state index contributed by atoms with van der Waals surface area (Å²) in [6, 6.07) is 6.65. The van der Waals surface area contributed by atoms with E-state index in [0.29, 0.717) is 18.2 Å². The van der Waals surface area contributed by atoms with Gasteiger partial charge in [0.15, 0.2) is 0 Å². The standard InChI is InChI=1S/C21H35NO2/c1-6-8-9-11-19(23)12-10-15-22(7-2)18(4)21-14-13-20(24-5)16-17(21)3/h13-14,16,18H,6-12,15H2,1-5H3. The zero-order valence-electron chi connectivity index (χ0n) is 16.2. The van der Waals surface area contributed by atoms with Crippen molar-refractivity contribution in [3.63, 3.8) is 0 Å². The lowest BCUT2D eigenvalue weighted by Crippen LogP contribution is -2.28. The van der Waals surface area contributed by atoms with Gasteiger partial charge in [0, 0.05) is 18.9 Å². The molecule has 3 heteroatoms. The van der Waals surface area contributed by atoms with Crippen molar-refractivity contribution in [2.75, 3.05) is 20.2 Å². The monoisotopic (exact) mass is 333 g/mol. The molecular formula is C21H35NO2. The molecule has 1 rings (SSSR count). The van der Waals surface area contributed by atoms with E-state index >= 15 is 0 Å². The molecule has 1 aromatic rings.